The van der Waals surface area contributed by atoms with Crippen molar-refractivity contribution in [3.63, 3.8) is 0 Å². The minimum atomic E-state index is -3.92. The highest BCUT2D eigenvalue weighted by atomic mass is 32.2. The predicted octanol–water partition coefficient (Wildman–Crippen LogP) is 4.28. The first-order chi connectivity index (χ1) is 17.8. The second kappa shape index (κ2) is 11.8. The van der Waals surface area contributed by atoms with Gasteiger partial charge in [-0.25, -0.2) is 12.8 Å². The largest absolute Gasteiger partial charge is 0.497 e. The fourth-order valence-corrected chi connectivity index (χ4v) is 5.87. The average molecular weight is 524 g/mol. The number of nitriles is 1. The van der Waals surface area contributed by atoms with Crippen molar-refractivity contribution in [1.29, 1.82) is 5.26 Å². The van der Waals surface area contributed by atoms with Crippen LogP contribution >= 0.6 is 0 Å². The Morgan fingerprint density at radius 1 is 1.03 bits per heavy atom. The van der Waals surface area contributed by atoms with E-state index in [1.165, 1.54) is 16.4 Å². The molecule has 0 amide bonds. The molecular formula is C28H30FN3O4S. The molecule has 3 aromatic rings. The average Bonchev–Trinajstić information content (AvgIpc) is 2.92. The minimum Gasteiger partial charge on any atom is -0.497 e. The molecule has 9 heteroatoms. The number of piperazine rings is 1. The summed E-state index contributed by atoms with van der Waals surface area (Å²) in [6, 6.07) is 21.2. The van der Waals surface area contributed by atoms with Crippen LogP contribution in [0.3, 0.4) is 0 Å². The van der Waals surface area contributed by atoms with Gasteiger partial charge < -0.3 is 9.47 Å². The zero-order valence-electron chi connectivity index (χ0n) is 20.9. The number of ether oxygens (including phenoxy) is 2. The molecule has 4 rings (SSSR count). The molecule has 3 aromatic carbocycles. The van der Waals surface area contributed by atoms with Crippen molar-refractivity contribution in [1.82, 2.24) is 9.21 Å². The molecule has 0 spiro atoms. The Labute approximate surface area is 217 Å². The second-order valence-electron chi connectivity index (χ2n) is 9.02. The molecular weight excluding hydrogens is 493 g/mol. The van der Waals surface area contributed by atoms with E-state index in [-0.39, 0.29) is 24.1 Å². The fourth-order valence-electron chi connectivity index (χ4n) is 4.30. The number of rotatable bonds is 9. The van der Waals surface area contributed by atoms with Crippen LogP contribution in [0, 0.1) is 24.1 Å². The van der Waals surface area contributed by atoms with Gasteiger partial charge in [0.15, 0.2) is 0 Å². The Morgan fingerprint density at radius 2 is 1.76 bits per heavy atom. The van der Waals surface area contributed by atoms with Gasteiger partial charge in [0.1, 0.15) is 16.5 Å². The van der Waals surface area contributed by atoms with E-state index in [9.17, 15) is 12.8 Å². The highest BCUT2D eigenvalue weighted by molar-refractivity contribution is 7.89. The molecule has 37 heavy (non-hydrogen) atoms. The van der Waals surface area contributed by atoms with Crippen LogP contribution in [0.25, 0.3) is 0 Å². The van der Waals surface area contributed by atoms with Gasteiger partial charge in [-0.15, -0.1) is 0 Å². The van der Waals surface area contributed by atoms with Crippen molar-refractivity contribution in [2.24, 2.45) is 0 Å². The van der Waals surface area contributed by atoms with Crippen LogP contribution in [0.15, 0.2) is 71.6 Å². The van der Waals surface area contributed by atoms with E-state index in [0.717, 1.165) is 16.9 Å². The normalized spacial score (nSPS) is 15.7. The number of sulfonamides is 1. The number of nitrogens with zero attached hydrogens (tertiary/aromatic N) is 3. The monoisotopic (exact) mass is 523 g/mol. The Bertz CT molecular complexity index is 1360. The number of methoxy groups -OCH3 is 1. The molecule has 0 aliphatic carbocycles. The molecule has 0 bridgehead atoms. The summed E-state index contributed by atoms with van der Waals surface area (Å²) in [5, 5.41) is 9.03. The number of halogens is 1. The zero-order valence-corrected chi connectivity index (χ0v) is 21.7. The van der Waals surface area contributed by atoms with Crippen LogP contribution in [0.2, 0.25) is 0 Å². The predicted molar refractivity (Wildman–Crippen MR) is 138 cm³/mol. The van der Waals surface area contributed by atoms with Crippen molar-refractivity contribution >= 4 is 10.0 Å². The van der Waals surface area contributed by atoms with Gasteiger partial charge in [0.25, 0.3) is 0 Å². The number of hydrogen-bond acceptors (Lipinski definition) is 6. The maximum absolute atomic E-state index is 14.3. The molecule has 0 N–H and O–H groups in total. The van der Waals surface area contributed by atoms with Gasteiger partial charge in [0.05, 0.1) is 31.5 Å². The molecule has 0 saturated carbocycles. The molecule has 0 aromatic heterocycles. The third-order valence-electron chi connectivity index (χ3n) is 6.46. The SMILES string of the molecule is COc1cccc([C@H](CN2CCN(S(=O)(=O)c3cc(C)ccc3F)CC2)OCc2ccc(C#N)cc2)c1. The van der Waals surface area contributed by atoms with Gasteiger partial charge in [0.2, 0.25) is 10.0 Å². The van der Waals surface area contributed by atoms with Gasteiger partial charge in [-0.05, 0) is 60.0 Å². The molecule has 1 fully saturated rings. The van der Waals surface area contributed by atoms with Crippen molar-refractivity contribution in [3.05, 3.63) is 94.8 Å². The number of aryl methyl sites for hydroxylation is 1. The Hall–Kier alpha value is -3.29. The zero-order chi connectivity index (χ0) is 26.4. The van der Waals surface area contributed by atoms with Crippen LogP contribution in [0.4, 0.5) is 4.39 Å². The number of benzene rings is 3. The third kappa shape index (κ3) is 6.53. The molecule has 1 heterocycles. The summed E-state index contributed by atoms with van der Waals surface area (Å²) in [4.78, 5) is 1.88. The van der Waals surface area contributed by atoms with E-state index in [1.807, 2.05) is 36.4 Å². The molecule has 0 radical (unpaired) electrons. The maximum atomic E-state index is 14.3. The highest BCUT2D eigenvalue weighted by Crippen LogP contribution is 2.26. The maximum Gasteiger partial charge on any atom is 0.246 e. The standard InChI is InChI=1S/C28H30FN3O4S/c1-21-6-11-26(29)28(16-21)37(33,34)32-14-12-31(13-15-32)19-27(24-4-3-5-25(17-24)35-2)36-20-23-9-7-22(18-30)8-10-23/h3-11,16-17,27H,12-15,19-20H2,1-2H3/t27-/m0/s1. The van der Waals surface area contributed by atoms with Crippen molar-refractivity contribution < 1.29 is 22.3 Å². The van der Waals surface area contributed by atoms with Gasteiger partial charge >= 0.3 is 0 Å². The minimum absolute atomic E-state index is 0.260. The molecule has 1 aliphatic rings. The summed E-state index contributed by atoms with van der Waals surface area (Å²) in [5.74, 6) is -0.0112. The van der Waals surface area contributed by atoms with Gasteiger partial charge in [-0.3, -0.25) is 4.90 Å². The lowest BCUT2D eigenvalue weighted by molar-refractivity contribution is 0.00762. The molecule has 1 aliphatic heterocycles. The molecule has 7 nitrogen and oxygen atoms in total. The van der Waals surface area contributed by atoms with E-state index in [0.29, 0.717) is 37.4 Å². The first-order valence-corrected chi connectivity index (χ1v) is 13.5. The molecule has 0 unspecified atom stereocenters. The van der Waals surface area contributed by atoms with Crippen LogP contribution in [0.5, 0.6) is 5.75 Å². The van der Waals surface area contributed by atoms with Crippen LogP contribution in [-0.4, -0.2) is 57.5 Å². The molecule has 1 atom stereocenters. The Morgan fingerprint density at radius 3 is 2.43 bits per heavy atom. The van der Waals surface area contributed by atoms with E-state index >= 15 is 0 Å². The summed E-state index contributed by atoms with van der Waals surface area (Å²) < 4.78 is 53.6. The summed E-state index contributed by atoms with van der Waals surface area (Å²) in [7, 11) is -2.31. The molecule has 1 saturated heterocycles. The van der Waals surface area contributed by atoms with E-state index in [1.54, 1.807) is 32.2 Å². The second-order valence-corrected chi connectivity index (χ2v) is 10.9. The smallest absolute Gasteiger partial charge is 0.246 e. The van der Waals surface area contributed by atoms with E-state index in [4.69, 9.17) is 14.7 Å². The van der Waals surface area contributed by atoms with Crippen LogP contribution in [0.1, 0.15) is 28.4 Å². The first kappa shape index (κ1) is 26.8. The Kier molecular flexibility index (Phi) is 8.56. The van der Waals surface area contributed by atoms with Gasteiger partial charge in [0, 0.05) is 32.7 Å². The summed E-state index contributed by atoms with van der Waals surface area (Å²) >= 11 is 0. The summed E-state index contributed by atoms with van der Waals surface area (Å²) in [6.45, 7) is 4.16. The number of hydrogen-bond donors (Lipinski definition) is 0. The lowest BCUT2D eigenvalue weighted by atomic mass is 10.1. The quantitative estimate of drug-likeness (QED) is 0.416. The topological polar surface area (TPSA) is 82.9 Å². The van der Waals surface area contributed by atoms with Crippen molar-refractivity contribution in [3.8, 4) is 11.8 Å². The van der Waals surface area contributed by atoms with Gasteiger partial charge in [-0.2, -0.15) is 9.57 Å². The highest BCUT2D eigenvalue weighted by Gasteiger charge is 2.31. The van der Waals surface area contributed by atoms with Crippen molar-refractivity contribution in [2.75, 3.05) is 39.8 Å². The van der Waals surface area contributed by atoms with Crippen LogP contribution < -0.4 is 4.74 Å². The van der Waals surface area contributed by atoms with E-state index < -0.39 is 15.8 Å². The van der Waals surface area contributed by atoms with E-state index in [2.05, 4.69) is 11.0 Å². The van der Waals surface area contributed by atoms with Gasteiger partial charge in [-0.1, -0.05) is 30.3 Å². The molecule has 194 valence electrons. The summed E-state index contributed by atoms with van der Waals surface area (Å²) in [5.41, 5.74) is 3.18. The fraction of sp³-hybridized carbons (Fsp3) is 0.321. The lowest BCUT2D eigenvalue weighted by Gasteiger charge is -2.36. The first-order valence-electron chi connectivity index (χ1n) is 12.0. The van der Waals surface area contributed by atoms with Crippen LogP contribution in [-0.2, 0) is 21.4 Å². The Balaban J connectivity index is 1.45. The third-order valence-corrected chi connectivity index (χ3v) is 8.37. The van der Waals surface area contributed by atoms with Crippen molar-refractivity contribution in [2.45, 2.75) is 24.5 Å². The lowest BCUT2D eigenvalue weighted by Crippen LogP contribution is -2.49. The summed E-state index contributed by atoms with van der Waals surface area (Å²) in [6.07, 6.45) is -0.289.